The summed E-state index contributed by atoms with van der Waals surface area (Å²) in [5.74, 6) is 3.27. The van der Waals surface area contributed by atoms with Gasteiger partial charge < -0.3 is 20.1 Å². The van der Waals surface area contributed by atoms with E-state index < -0.39 is 0 Å². The van der Waals surface area contributed by atoms with Crippen LogP contribution in [0.25, 0.3) is 0 Å². The van der Waals surface area contributed by atoms with Gasteiger partial charge in [0.25, 0.3) is 0 Å². The Hall–Kier alpha value is -2.76. The molecule has 0 amide bonds. The fourth-order valence-electron chi connectivity index (χ4n) is 2.30. The summed E-state index contributed by atoms with van der Waals surface area (Å²) >= 11 is 0. The van der Waals surface area contributed by atoms with E-state index in [0.717, 1.165) is 24.6 Å². The first-order valence-electron chi connectivity index (χ1n) is 9.49. The molecule has 0 radical (unpaired) electrons. The number of nitrogens with one attached hydrogen (secondary N) is 2. The zero-order valence-electron chi connectivity index (χ0n) is 16.7. The van der Waals surface area contributed by atoms with Crippen molar-refractivity contribution in [3.63, 3.8) is 0 Å². The fourth-order valence-corrected chi connectivity index (χ4v) is 2.30. The largest absolute Gasteiger partial charge is 0.490 e. The van der Waals surface area contributed by atoms with Gasteiger partial charge in [-0.05, 0) is 37.5 Å². The molecule has 1 heterocycles. The highest BCUT2D eigenvalue weighted by Gasteiger charge is 2.06. The van der Waals surface area contributed by atoms with Crippen LogP contribution < -0.4 is 20.1 Å². The average Bonchev–Trinajstić information content (AvgIpc) is 2.67. The summed E-state index contributed by atoms with van der Waals surface area (Å²) in [4.78, 5) is 8.99. The van der Waals surface area contributed by atoms with E-state index in [1.807, 2.05) is 43.3 Å². The topological polar surface area (TPSA) is 67.8 Å². The molecule has 6 nitrogen and oxygen atoms in total. The van der Waals surface area contributed by atoms with Crippen LogP contribution in [0.1, 0.15) is 33.3 Å². The second-order valence-corrected chi connectivity index (χ2v) is 6.46. The zero-order valence-corrected chi connectivity index (χ0v) is 16.7. The summed E-state index contributed by atoms with van der Waals surface area (Å²) in [7, 11) is 0. The highest BCUT2D eigenvalue weighted by atomic mass is 16.5. The lowest BCUT2D eigenvalue weighted by Crippen LogP contribution is -2.39. The van der Waals surface area contributed by atoms with Gasteiger partial charge in [0.05, 0.1) is 13.2 Å². The first-order valence-corrected chi connectivity index (χ1v) is 9.49. The average molecular weight is 370 g/mol. The van der Waals surface area contributed by atoms with Gasteiger partial charge in [-0.2, -0.15) is 0 Å². The predicted octanol–water partition coefficient (Wildman–Crippen LogP) is 3.98. The second kappa shape index (κ2) is 11.1. The Morgan fingerprint density at radius 2 is 1.85 bits per heavy atom. The number of hydrogen-bond acceptors (Lipinski definition) is 4. The molecule has 0 fully saturated rings. The molecule has 0 bridgehead atoms. The summed E-state index contributed by atoms with van der Waals surface area (Å²) in [6.45, 7) is 11.2. The Labute approximate surface area is 162 Å². The van der Waals surface area contributed by atoms with Crippen LogP contribution in [0.3, 0.4) is 0 Å². The van der Waals surface area contributed by atoms with Crippen LogP contribution in [-0.2, 0) is 6.54 Å². The number of aliphatic imine (C=N–C) groups is 1. The minimum Gasteiger partial charge on any atom is -0.490 e. The maximum absolute atomic E-state index is 5.85. The monoisotopic (exact) mass is 370 g/mol. The molecule has 0 aliphatic carbocycles. The van der Waals surface area contributed by atoms with Crippen molar-refractivity contribution < 1.29 is 9.47 Å². The van der Waals surface area contributed by atoms with Crippen LogP contribution in [0.15, 0.2) is 47.6 Å². The molecule has 1 aromatic heterocycles. The lowest BCUT2D eigenvalue weighted by atomic mass is 10.2. The van der Waals surface area contributed by atoms with Gasteiger partial charge in [-0.25, -0.2) is 9.98 Å². The molecule has 1 aromatic carbocycles. The van der Waals surface area contributed by atoms with E-state index in [1.54, 1.807) is 6.20 Å². The smallest absolute Gasteiger partial charge is 0.219 e. The predicted molar refractivity (Wildman–Crippen MR) is 110 cm³/mol. The van der Waals surface area contributed by atoms with E-state index in [2.05, 4.69) is 41.4 Å². The van der Waals surface area contributed by atoms with Gasteiger partial charge in [-0.3, -0.25) is 0 Å². The third-order valence-corrected chi connectivity index (χ3v) is 3.60. The maximum atomic E-state index is 5.85. The molecule has 0 aliphatic heterocycles. The zero-order chi connectivity index (χ0) is 19.5. The molecule has 2 N–H and O–H groups in total. The molecular formula is C21H30N4O2. The van der Waals surface area contributed by atoms with Gasteiger partial charge in [-0.15, -0.1) is 0 Å². The third-order valence-electron chi connectivity index (χ3n) is 3.60. The molecule has 27 heavy (non-hydrogen) atoms. The third kappa shape index (κ3) is 7.17. The van der Waals surface area contributed by atoms with Gasteiger partial charge in [0.15, 0.2) is 17.5 Å². The number of aromatic nitrogens is 1. The quantitative estimate of drug-likeness (QED) is 0.516. The molecule has 6 heteroatoms. The minimum atomic E-state index is 0.528. The molecular weight excluding hydrogens is 340 g/mol. The first kappa shape index (κ1) is 20.6. The van der Waals surface area contributed by atoms with E-state index in [-0.39, 0.29) is 0 Å². The van der Waals surface area contributed by atoms with E-state index in [9.17, 15) is 0 Å². The summed E-state index contributed by atoms with van der Waals surface area (Å²) in [6, 6.07) is 11.4. The number of rotatable bonds is 9. The molecule has 0 saturated carbocycles. The van der Waals surface area contributed by atoms with Crippen LogP contribution in [0.5, 0.6) is 17.4 Å². The first-order chi connectivity index (χ1) is 13.1. The Balaban J connectivity index is 1.99. The van der Waals surface area contributed by atoms with Crippen molar-refractivity contribution in [2.75, 3.05) is 19.7 Å². The number of pyridine rings is 1. The molecule has 2 aromatic rings. The summed E-state index contributed by atoms with van der Waals surface area (Å²) in [5.41, 5.74) is 1.02. The van der Waals surface area contributed by atoms with E-state index >= 15 is 0 Å². The van der Waals surface area contributed by atoms with Gasteiger partial charge in [0.1, 0.15) is 0 Å². The second-order valence-electron chi connectivity index (χ2n) is 6.46. The number of para-hydroxylation sites is 2. The van der Waals surface area contributed by atoms with E-state index in [0.29, 0.717) is 36.4 Å². The van der Waals surface area contributed by atoms with E-state index in [4.69, 9.17) is 9.47 Å². The van der Waals surface area contributed by atoms with Gasteiger partial charge in [-0.1, -0.05) is 32.0 Å². The number of ether oxygens (including phenoxy) is 2. The van der Waals surface area contributed by atoms with Crippen molar-refractivity contribution in [2.24, 2.45) is 10.9 Å². The number of nitrogens with zero attached hydrogens (tertiary/aromatic N) is 2. The van der Waals surface area contributed by atoms with Crippen LogP contribution >= 0.6 is 0 Å². The Kier molecular flexibility index (Phi) is 8.42. The van der Waals surface area contributed by atoms with Crippen molar-refractivity contribution in [3.8, 4) is 17.4 Å². The SMILES string of the molecule is CCNC(=NCc1ccc(Oc2ccccc2OCC)nc1)NCC(C)C. The van der Waals surface area contributed by atoms with Crippen molar-refractivity contribution >= 4 is 5.96 Å². The minimum absolute atomic E-state index is 0.528. The Morgan fingerprint density at radius 1 is 1.07 bits per heavy atom. The highest BCUT2D eigenvalue weighted by molar-refractivity contribution is 5.79. The normalized spacial score (nSPS) is 11.4. The maximum Gasteiger partial charge on any atom is 0.219 e. The van der Waals surface area contributed by atoms with Gasteiger partial charge in [0, 0.05) is 25.4 Å². The molecule has 0 saturated heterocycles. The molecule has 0 atom stereocenters. The van der Waals surface area contributed by atoms with Crippen molar-refractivity contribution in [1.82, 2.24) is 15.6 Å². The Morgan fingerprint density at radius 3 is 2.48 bits per heavy atom. The number of hydrogen-bond donors (Lipinski definition) is 2. The highest BCUT2D eigenvalue weighted by Crippen LogP contribution is 2.30. The number of benzene rings is 1. The van der Waals surface area contributed by atoms with Crippen LogP contribution in [0, 0.1) is 5.92 Å². The van der Waals surface area contributed by atoms with Crippen LogP contribution in [-0.4, -0.2) is 30.6 Å². The number of guanidine groups is 1. The van der Waals surface area contributed by atoms with Crippen LogP contribution in [0.4, 0.5) is 0 Å². The Bertz CT molecular complexity index is 714. The van der Waals surface area contributed by atoms with Crippen LogP contribution in [0.2, 0.25) is 0 Å². The summed E-state index contributed by atoms with van der Waals surface area (Å²) in [5, 5.41) is 6.58. The van der Waals surface area contributed by atoms with E-state index in [1.165, 1.54) is 0 Å². The standard InChI is InChI=1S/C21H30N4O2/c1-5-22-21(24-13-16(3)4)25-15-17-11-12-20(23-14-17)27-19-10-8-7-9-18(19)26-6-2/h7-12,14,16H,5-6,13,15H2,1-4H3,(H2,22,24,25). The summed E-state index contributed by atoms with van der Waals surface area (Å²) < 4.78 is 11.4. The van der Waals surface area contributed by atoms with Crippen molar-refractivity contribution in [1.29, 1.82) is 0 Å². The molecule has 2 rings (SSSR count). The molecule has 0 unspecified atom stereocenters. The fraction of sp³-hybridized carbons (Fsp3) is 0.429. The van der Waals surface area contributed by atoms with Gasteiger partial charge >= 0.3 is 0 Å². The molecule has 0 aliphatic rings. The van der Waals surface area contributed by atoms with Crippen molar-refractivity contribution in [2.45, 2.75) is 34.2 Å². The lowest BCUT2D eigenvalue weighted by Gasteiger charge is -2.13. The van der Waals surface area contributed by atoms with Crippen molar-refractivity contribution in [3.05, 3.63) is 48.2 Å². The van der Waals surface area contributed by atoms with Gasteiger partial charge in [0.2, 0.25) is 5.88 Å². The lowest BCUT2D eigenvalue weighted by molar-refractivity contribution is 0.319. The molecule has 146 valence electrons. The molecule has 0 spiro atoms. The summed E-state index contributed by atoms with van der Waals surface area (Å²) in [6.07, 6.45) is 1.79.